The smallest absolute Gasteiger partial charge is 0.341 e. The topological polar surface area (TPSA) is 128 Å². The van der Waals surface area contributed by atoms with Crippen molar-refractivity contribution in [3.63, 3.8) is 0 Å². The lowest BCUT2D eigenvalue weighted by Crippen LogP contribution is -2.47. The summed E-state index contributed by atoms with van der Waals surface area (Å²) in [4.78, 5) is 40.7. The lowest BCUT2D eigenvalue weighted by molar-refractivity contribution is -0.119. The molecule has 2 heterocycles. The number of carbonyl (C=O) groups is 2. The van der Waals surface area contributed by atoms with E-state index in [-0.39, 0.29) is 29.5 Å². The Balaban J connectivity index is 1.69. The minimum atomic E-state index is -1.23. The van der Waals surface area contributed by atoms with Gasteiger partial charge in [0, 0.05) is 57.8 Å². The molecule has 10 heteroatoms. The maximum absolute atomic E-state index is 13.0. The standard InChI is InChI=1S/C26H33N5O5/c1-16(32)28-13-22(29(2)11-4-10-27)17-9-12-30(14-17)21-8-7-19-23(25(21)36-3)31(18-5-6-18)15-20(24(19)33)26(34)35/h7-8,15,17-18,22H,4-6,9,11-14H2,1-3H3,(H,28,32)(H,34,35). The number of likely N-dealkylation sites (N-methyl/N-ethyl adjacent to an activating group) is 1. The summed E-state index contributed by atoms with van der Waals surface area (Å²) in [5, 5.41) is 21.9. The third-order valence-corrected chi connectivity index (χ3v) is 7.31. The molecular formula is C26H33N5O5. The van der Waals surface area contributed by atoms with Crippen LogP contribution < -0.4 is 20.4 Å². The van der Waals surface area contributed by atoms with Gasteiger partial charge in [0.15, 0.2) is 5.75 Å². The van der Waals surface area contributed by atoms with E-state index in [2.05, 4.69) is 21.2 Å². The number of benzene rings is 1. The number of nitriles is 1. The summed E-state index contributed by atoms with van der Waals surface area (Å²) in [6.45, 7) is 4.13. The fourth-order valence-corrected chi connectivity index (χ4v) is 5.29. The molecule has 1 saturated carbocycles. The van der Waals surface area contributed by atoms with Crippen LogP contribution in [-0.4, -0.2) is 72.8 Å². The Morgan fingerprint density at radius 3 is 2.69 bits per heavy atom. The molecule has 0 bridgehead atoms. The maximum Gasteiger partial charge on any atom is 0.341 e. The summed E-state index contributed by atoms with van der Waals surface area (Å²) in [6.07, 6.45) is 4.62. The molecule has 2 atom stereocenters. The molecule has 0 spiro atoms. The SMILES string of the molecule is COc1c(N2CCC(C(CNC(C)=O)N(C)CCC#N)C2)ccc2c(=O)c(C(=O)O)cn(C3CC3)c12. The van der Waals surface area contributed by atoms with Crippen LogP contribution in [0.1, 0.15) is 49.0 Å². The normalized spacial score (nSPS) is 18.3. The van der Waals surface area contributed by atoms with Gasteiger partial charge in [-0.25, -0.2) is 4.79 Å². The molecule has 2 fully saturated rings. The van der Waals surface area contributed by atoms with Gasteiger partial charge in [0.2, 0.25) is 11.3 Å². The van der Waals surface area contributed by atoms with Crippen molar-refractivity contribution in [3.05, 3.63) is 34.1 Å². The van der Waals surface area contributed by atoms with E-state index in [9.17, 15) is 19.5 Å². The predicted molar refractivity (Wildman–Crippen MR) is 136 cm³/mol. The van der Waals surface area contributed by atoms with Gasteiger partial charge in [-0.05, 0) is 44.4 Å². The second kappa shape index (κ2) is 10.6. The number of hydrogen-bond donors (Lipinski definition) is 2. The molecule has 1 amide bonds. The fraction of sp³-hybridized carbons (Fsp3) is 0.538. The first-order chi connectivity index (χ1) is 17.3. The van der Waals surface area contributed by atoms with Gasteiger partial charge in [0.25, 0.3) is 0 Å². The van der Waals surface area contributed by atoms with E-state index < -0.39 is 11.4 Å². The molecule has 2 N–H and O–H groups in total. The van der Waals surface area contributed by atoms with Crippen LogP contribution in [0.15, 0.2) is 23.1 Å². The van der Waals surface area contributed by atoms with Gasteiger partial charge < -0.3 is 29.5 Å². The number of aromatic carboxylic acids is 1. The van der Waals surface area contributed by atoms with Crippen molar-refractivity contribution in [1.82, 2.24) is 14.8 Å². The molecule has 192 valence electrons. The summed E-state index contributed by atoms with van der Waals surface area (Å²) in [5.74, 6) is -0.489. The molecule has 4 rings (SSSR count). The average Bonchev–Trinajstić information content (AvgIpc) is 3.58. The van der Waals surface area contributed by atoms with Gasteiger partial charge in [0.1, 0.15) is 5.56 Å². The highest BCUT2D eigenvalue weighted by Crippen LogP contribution is 2.43. The van der Waals surface area contributed by atoms with Crippen LogP contribution in [0.4, 0.5) is 5.69 Å². The zero-order valence-corrected chi connectivity index (χ0v) is 21.0. The Bertz CT molecular complexity index is 1260. The molecule has 1 saturated heterocycles. The van der Waals surface area contributed by atoms with Crippen molar-refractivity contribution < 1.29 is 19.4 Å². The zero-order chi connectivity index (χ0) is 26.0. The molecule has 36 heavy (non-hydrogen) atoms. The number of aromatic nitrogens is 1. The number of carboxylic acids is 1. The highest BCUT2D eigenvalue weighted by atomic mass is 16.5. The van der Waals surface area contributed by atoms with E-state index >= 15 is 0 Å². The van der Waals surface area contributed by atoms with Gasteiger partial charge in [-0.15, -0.1) is 0 Å². The van der Waals surface area contributed by atoms with Crippen LogP contribution in [0.25, 0.3) is 10.9 Å². The largest absolute Gasteiger partial charge is 0.492 e. The number of amides is 1. The van der Waals surface area contributed by atoms with E-state index in [4.69, 9.17) is 10.00 Å². The maximum atomic E-state index is 13.0. The number of anilines is 1. The number of hydrogen-bond acceptors (Lipinski definition) is 7. The Kier molecular flexibility index (Phi) is 7.50. The number of carbonyl (C=O) groups excluding carboxylic acids is 1. The zero-order valence-electron chi connectivity index (χ0n) is 21.0. The molecule has 10 nitrogen and oxygen atoms in total. The number of carboxylic acid groups (broad SMARTS) is 1. The van der Waals surface area contributed by atoms with Gasteiger partial charge in [0.05, 0.1) is 29.8 Å². The molecule has 1 aliphatic carbocycles. The Labute approximate surface area is 210 Å². The number of ether oxygens (including phenoxy) is 1. The number of methoxy groups -OCH3 is 1. The highest BCUT2D eigenvalue weighted by molar-refractivity contribution is 5.97. The minimum Gasteiger partial charge on any atom is -0.492 e. The summed E-state index contributed by atoms with van der Waals surface area (Å²) < 4.78 is 7.76. The van der Waals surface area contributed by atoms with Crippen LogP contribution in [0.2, 0.25) is 0 Å². The average molecular weight is 496 g/mol. The molecule has 2 aromatic rings. The molecule has 2 unspecified atom stereocenters. The van der Waals surface area contributed by atoms with Crippen molar-refractivity contribution in [1.29, 1.82) is 5.26 Å². The second-order valence-electron chi connectivity index (χ2n) is 9.72. The Morgan fingerprint density at radius 1 is 1.33 bits per heavy atom. The minimum absolute atomic E-state index is 0.0708. The van der Waals surface area contributed by atoms with Gasteiger partial charge >= 0.3 is 5.97 Å². The predicted octanol–water partition coefficient (Wildman–Crippen LogP) is 2.22. The lowest BCUT2D eigenvalue weighted by Gasteiger charge is -2.33. The summed E-state index contributed by atoms with van der Waals surface area (Å²) >= 11 is 0. The van der Waals surface area contributed by atoms with E-state index in [1.807, 2.05) is 17.7 Å². The van der Waals surface area contributed by atoms with E-state index in [0.29, 0.717) is 36.2 Å². The van der Waals surface area contributed by atoms with E-state index in [1.54, 1.807) is 13.2 Å². The van der Waals surface area contributed by atoms with E-state index in [0.717, 1.165) is 38.0 Å². The summed E-state index contributed by atoms with van der Waals surface area (Å²) in [7, 11) is 3.56. The Hall–Kier alpha value is -3.58. The molecule has 1 aliphatic heterocycles. The molecule has 1 aromatic heterocycles. The van der Waals surface area contributed by atoms with Crippen molar-refractivity contribution in [2.24, 2.45) is 5.92 Å². The molecule has 1 aromatic carbocycles. The van der Waals surface area contributed by atoms with Crippen LogP contribution in [0.3, 0.4) is 0 Å². The molecular weight excluding hydrogens is 462 g/mol. The number of rotatable bonds is 10. The number of pyridine rings is 1. The van der Waals surface area contributed by atoms with Crippen LogP contribution in [-0.2, 0) is 4.79 Å². The fourth-order valence-electron chi connectivity index (χ4n) is 5.29. The quantitative estimate of drug-likeness (QED) is 0.514. The molecule has 0 radical (unpaired) electrons. The number of nitrogens with one attached hydrogen (secondary N) is 1. The van der Waals surface area contributed by atoms with Crippen molar-refractivity contribution in [2.45, 2.75) is 44.7 Å². The molecule has 2 aliphatic rings. The van der Waals surface area contributed by atoms with Gasteiger partial charge in [-0.1, -0.05) is 0 Å². The lowest BCUT2D eigenvalue weighted by atomic mass is 9.97. The van der Waals surface area contributed by atoms with Crippen molar-refractivity contribution in [3.8, 4) is 11.8 Å². The summed E-state index contributed by atoms with van der Waals surface area (Å²) in [5.41, 5.74) is 0.763. The third-order valence-electron chi connectivity index (χ3n) is 7.31. The Morgan fingerprint density at radius 2 is 2.08 bits per heavy atom. The highest BCUT2D eigenvalue weighted by Gasteiger charge is 2.35. The van der Waals surface area contributed by atoms with E-state index in [1.165, 1.54) is 13.1 Å². The van der Waals surface area contributed by atoms with Crippen molar-refractivity contribution in [2.75, 3.05) is 45.2 Å². The van der Waals surface area contributed by atoms with Gasteiger partial charge in [-0.2, -0.15) is 5.26 Å². The second-order valence-corrected chi connectivity index (χ2v) is 9.72. The first-order valence-corrected chi connectivity index (χ1v) is 12.3. The monoisotopic (exact) mass is 495 g/mol. The first-order valence-electron chi connectivity index (χ1n) is 12.3. The van der Waals surface area contributed by atoms with Crippen LogP contribution >= 0.6 is 0 Å². The number of fused-ring (bicyclic) bond motifs is 1. The van der Waals surface area contributed by atoms with Crippen LogP contribution in [0, 0.1) is 17.2 Å². The first kappa shape index (κ1) is 25.5. The van der Waals surface area contributed by atoms with Crippen molar-refractivity contribution >= 4 is 28.5 Å². The third kappa shape index (κ3) is 5.02. The van der Waals surface area contributed by atoms with Crippen LogP contribution in [0.5, 0.6) is 5.75 Å². The number of nitrogens with zero attached hydrogens (tertiary/aromatic N) is 4. The van der Waals surface area contributed by atoms with Gasteiger partial charge in [-0.3, -0.25) is 9.59 Å². The summed E-state index contributed by atoms with van der Waals surface area (Å²) in [6, 6.07) is 5.96.